The van der Waals surface area contributed by atoms with Crippen molar-refractivity contribution in [1.29, 1.82) is 0 Å². The topological polar surface area (TPSA) is 24.1 Å². The van der Waals surface area contributed by atoms with E-state index < -0.39 is 0 Å². The summed E-state index contributed by atoms with van der Waals surface area (Å²) in [6.07, 6.45) is 4.08. The van der Waals surface area contributed by atoms with Gasteiger partial charge >= 0.3 is 0 Å². The van der Waals surface area contributed by atoms with Crippen LogP contribution >= 0.6 is 0 Å². The van der Waals surface area contributed by atoms with E-state index in [9.17, 15) is 0 Å². The maximum absolute atomic E-state index is 3.70. The predicted octanol–water partition coefficient (Wildman–Crippen LogP) is 3.00. The van der Waals surface area contributed by atoms with Gasteiger partial charge in [-0.15, -0.1) is 0 Å². The summed E-state index contributed by atoms with van der Waals surface area (Å²) in [6.45, 7) is 3.27. The molecule has 1 aliphatic carbocycles. The van der Waals surface area contributed by atoms with Crippen molar-refractivity contribution in [2.75, 3.05) is 17.2 Å². The highest BCUT2D eigenvalue weighted by atomic mass is 15.0. The fourth-order valence-electron chi connectivity index (χ4n) is 2.50. The minimum Gasteiger partial charge on any atom is -0.383 e. The van der Waals surface area contributed by atoms with E-state index in [0.29, 0.717) is 6.04 Å². The lowest BCUT2D eigenvalue weighted by molar-refractivity contribution is 0.609. The van der Waals surface area contributed by atoms with Crippen LogP contribution in [-0.2, 0) is 0 Å². The van der Waals surface area contributed by atoms with Crippen LogP contribution in [0.5, 0.6) is 0 Å². The third-order valence-corrected chi connectivity index (χ3v) is 3.56. The maximum atomic E-state index is 3.70. The van der Waals surface area contributed by atoms with Gasteiger partial charge in [0.15, 0.2) is 0 Å². The summed E-state index contributed by atoms with van der Waals surface area (Å²) in [5, 5.41) is 7.24. The Morgan fingerprint density at radius 1 is 1.20 bits per heavy atom. The van der Waals surface area contributed by atoms with Crippen molar-refractivity contribution >= 4 is 11.4 Å². The number of anilines is 2. The molecule has 0 amide bonds. The zero-order valence-corrected chi connectivity index (χ0v) is 9.22. The second kappa shape index (κ2) is 3.44. The largest absolute Gasteiger partial charge is 0.383 e. The van der Waals surface area contributed by atoms with Crippen LogP contribution < -0.4 is 10.6 Å². The zero-order chi connectivity index (χ0) is 10.3. The fourth-order valence-corrected chi connectivity index (χ4v) is 2.50. The van der Waals surface area contributed by atoms with Crippen molar-refractivity contribution in [2.45, 2.75) is 32.2 Å². The highest BCUT2D eigenvalue weighted by Crippen LogP contribution is 2.38. The van der Waals surface area contributed by atoms with Crippen LogP contribution in [0.1, 0.15) is 24.8 Å². The molecule has 0 spiro atoms. The fraction of sp³-hybridized carbons (Fsp3) is 0.538. The van der Waals surface area contributed by atoms with E-state index in [-0.39, 0.29) is 0 Å². The van der Waals surface area contributed by atoms with Crippen LogP contribution in [0.2, 0.25) is 0 Å². The van der Waals surface area contributed by atoms with Crippen molar-refractivity contribution in [2.24, 2.45) is 5.92 Å². The number of para-hydroxylation sites is 1. The highest BCUT2D eigenvalue weighted by Gasteiger charge is 2.32. The molecule has 2 nitrogen and oxygen atoms in total. The van der Waals surface area contributed by atoms with Gasteiger partial charge in [0, 0.05) is 12.6 Å². The Labute approximate surface area is 91.1 Å². The van der Waals surface area contributed by atoms with Crippen molar-refractivity contribution < 1.29 is 0 Å². The Morgan fingerprint density at radius 3 is 2.87 bits per heavy atom. The van der Waals surface area contributed by atoms with Crippen LogP contribution in [0.25, 0.3) is 0 Å². The normalized spacial score (nSPS) is 24.7. The van der Waals surface area contributed by atoms with Gasteiger partial charge in [0.2, 0.25) is 0 Å². The molecule has 1 heterocycles. The molecule has 1 aromatic carbocycles. The summed E-state index contributed by atoms with van der Waals surface area (Å²) in [5.41, 5.74) is 3.95. The molecule has 80 valence electrons. The number of fused-ring (bicyclic) bond motifs is 1. The van der Waals surface area contributed by atoms with E-state index in [1.165, 1.54) is 36.2 Å². The van der Waals surface area contributed by atoms with Gasteiger partial charge in [-0.25, -0.2) is 0 Å². The predicted molar refractivity (Wildman–Crippen MR) is 64.4 cm³/mol. The van der Waals surface area contributed by atoms with Gasteiger partial charge in [-0.2, -0.15) is 0 Å². The second-order valence-corrected chi connectivity index (χ2v) is 4.80. The first-order chi connectivity index (χ1) is 7.34. The van der Waals surface area contributed by atoms with Crippen LogP contribution in [0.4, 0.5) is 11.4 Å². The summed E-state index contributed by atoms with van der Waals surface area (Å²) in [5.74, 6) is 0.929. The minimum absolute atomic E-state index is 0.695. The average molecular weight is 202 g/mol. The average Bonchev–Trinajstić information content (AvgIpc) is 3.04. The molecule has 1 aromatic rings. The smallest absolute Gasteiger partial charge is 0.0605 e. The first-order valence-electron chi connectivity index (χ1n) is 5.94. The summed E-state index contributed by atoms with van der Waals surface area (Å²) >= 11 is 0. The molecule has 2 heteroatoms. The molecule has 1 saturated carbocycles. The van der Waals surface area contributed by atoms with Crippen molar-refractivity contribution in [1.82, 2.24) is 0 Å². The third-order valence-electron chi connectivity index (χ3n) is 3.56. The van der Waals surface area contributed by atoms with Crippen LogP contribution in [-0.4, -0.2) is 12.6 Å². The molecule has 1 aliphatic heterocycles. The van der Waals surface area contributed by atoms with Gasteiger partial charge in [0.1, 0.15) is 0 Å². The Balaban J connectivity index is 1.91. The molecule has 2 N–H and O–H groups in total. The number of nitrogens with one attached hydrogen (secondary N) is 2. The molecule has 1 unspecified atom stereocenters. The zero-order valence-electron chi connectivity index (χ0n) is 9.22. The van der Waals surface area contributed by atoms with Crippen molar-refractivity contribution in [3.8, 4) is 0 Å². The van der Waals surface area contributed by atoms with Crippen LogP contribution in [0, 0.1) is 12.8 Å². The summed E-state index contributed by atoms with van der Waals surface area (Å²) in [6, 6.07) is 7.19. The highest BCUT2D eigenvalue weighted by molar-refractivity contribution is 5.73. The lowest BCUT2D eigenvalue weighted by Crippen LogP contribution is -2.21. The first-order valence-corrected chi connectivity index (χ1v) is 5.94. The Hall–Kier alpha value is -1.18. The van der Waals surface area contributed by atoms with Gasteiger partial charge < -0.3 is 10.6 Å². The Morgan fingerprint density at radius 2 is 2.07 bits per heavy atom. The van der Waals surface area contributed by atoms with Gasteiger partial charge in [-0.3, -0.25) is 0 Å². The minimum atomic E-state index is 0.695. The lowest BCUT2D eigenvalue weighted by atomic mass is 10.1. The number of benzene rings is 1. The number of aryl methyl sites for hydroxylation is 1. The quantitative estimate of drug-likeness (QED) is 0.731. The van der Waals surface area contributed by atoms with Gasteiger partial charge in [-0.1, -0.05) is 12.1 Å². The second-order valence-electron chi connectivity index (χ2n) is 4.80. The number of hydrogen-bond acceptors (Lipinski definition) is 2. The van der Waals surface area contributed by atoms with E-state index in [4.69, 9.17) is 0 Å². The van der Waals surface area contributed by atoms with Gasteiger partial charge in [0.25, 0.3) is 0 Å². The van der Waals surface area contributed by atoms with E-state index in [2.05, 4.69) is 35.8 Å². The molecule has 0 bridgehead atoms. The SMILES string of the molecule is Cc1cccc2c1NCCC(C1CC1)N2. The summed E-state index contributed by atoms with van der Waals surface area (Å²) < 4.78 is 0. The Bertz CT molecular complexity index is 369. The van der Waals surface area contributed by atoms with E-state index >= 15 is 0 Å². The molecule has 0 radical (unpaired) electrons. The Kier molecular flexibility index (Phi) is 2.08. The van der Waals surface area contributed by atoms with E-state index in [1.807, 2.05) is 0 Å². The molecular formula is C13H18N2. The lowest BCUT2D eigenvalue weighted by Gasteiger charge is -2.16. The maximum Gasteiger partial charge on any atom is 0.0605 e. The van der Waals surface area contributed by atoms with Crippen LogP contribution in [0.15, 0.2) is 18.2 Å². The molecule has 1 fully saturated rings. The molecule has 2 aliphatic rings. The first kappa shape index (κ1) is 9.08. The monoisotopic (exact) mass is 202 g/mol. The summed E-state index contributed by atoms with van der Waals surface area (Å²) in [7, 11) is 0. The molecule has 0 saturated heterocycles. The standard InChI is InChI=1S/C13H18N2/c1-9-3-2-4-12-13(9)14-8-7-11(15-12)10-5-6-10/h2-4,10-11,14-15H,5-8H2,1H3. The van der Waals surface area contributed by atoms with Crippen molar-refractivity contribution in [3.63, 3.8) is 0 Å². The van der Waals surface area contributed by atoms with E-state index in [1.54, 1.807) is 0 Å². The van der Waals surface area contributed by atoms with Gasteiger partial charge in [0.05, 0.1) is 11.4 Å². The molecule has 3 rings (SSSR count). The van der Waals surface area contributed by atoms with E-state index in [0.717, 1.165) is 12.5 Å². The molecular weight excluding hydrogens is 184 g/mol. The third kappa shape index (κ3) is 1.69. The molecule has 1 atom stereocenters. The number of hydrogen-bond donors (Lipinski definition) is 2. The van der Waals surface area contributed by atoms with Gasteiger partial charge in [-0.05, 0) is 43.7 Å². The van der Waals surface area contributed by atoms with Crippen LogP contribution in [0.3, 0.4) is 0 Å². The summed E-state index contributed by atoms with van der Waals surface area (Å²) in [4.78, 5) is 0. The molecule has 15 heavy (non-hydrogen) atoms. The molecule has 0 aromatic heterocycles. The van der Waals surface area contributed by atoms with Crippen molar-refractivity contribution in [3.05, 3.63) is 23.8 Å². The number of rotatable bonds is 1.